The number of unbranched alkanes of at least 4 members (excludes halogenated alkanes) is 1. The fourth-order valence-corrected chi connectivity index (χ4v) is 1.69. The lowest BCUT2D eigenvalue weighted by Gasteiger charge is -2.04. The van der Waals surface area contributed by atoms with Gasteiger partial charge in [0, 0.05) is 6.61 Å². The molecule has 0 aliphatic carbocycles. The van der Waals surface area contributed by atoms with Gasteiger partial charge in [0.1, 0.15) is 0 Å². The Morgan fingerprint density at radius 1 is 1.00 bits per heavy atom. The van der Waals surface area contributed by atoms with Crippen LogP contribution in [0.2, 0.25) is 0 Å². The molecule has 0 atom stereocenters. The highest BCUT2D eigenvalue weighted by atomic mass is 16.2. The molecule has 0 spiro atoms. The van der Waals surface area contributed by atoms with E-state index in [9.17, 15) is 0 Å². The van der Waals surface area contributed by atoms with E-state index in [2.05, 4.69) is 24.3 Å². The zero-order valence-electron chi connectivity index (χ0n) is 9.28. The van der Waals surface area contributed by atoms with Crippen LogP contribution >= 0.6 is 0 Å². The number of rotatable bonds is 7. The molecule has 2 nitrogen and oxygen atoms in total. The lowest BCUT2D eigenvalue weighted by Crippen LogP contribution is -2.00. The van der Waals surface area contributed by atoms with Crippen molar-refractivity contribution in [3.8, 4) is 0 Å². The Morgan fingerprint density at radius 3 is 2.27 bits per heavy atom. The summed E-state index contributed by atoms with van der Waals surface area (Å²) in [6, 6.07) is 8.68. The second-order valence-electron chi connectivity index (χ2n) is 3.89. The fraction of sp³-hybridized carbons (Fsp3) is 0.538. The molecule has 0 amide bonds. The average Bonchev–Trinajstić information content (AvgIpc) is 2.27. The number of hydrogen-bond donors (Lipinski definition) is 2. The molecular formula is C13H21NO. The van der Waals surface area contributed by atoms with E-state index < -0.39 is 0 Å². The maximum Gasteiger partial charge on any atom is 0.0431 e. The Hall–Kier alpha value is -0.860. The molecule has 0 radical (unpaired) electrons. The normalized spacial score (nSPS) is 10.5. The summed E-state index contributed by atoms with van der Waals surface area (Å²) in [5.41, 5.74) is 8.23. The van der Waals surface area contributed by atoms with Gasteiger partial charge in [0.15, 0.2) is 0 Å². The van der Waals surface area contributed by atoms with Crippen LogP contribution in [0.4, 0.5) is 0 Å². The summed E-state index contributed by atoms with van der Waals surface area (Å²) in [5, 5.41) is 8.70. The summed E-state index contributed by atoms with van der Waals surface area (Å²) >= 11 is 0. The smallest absolute Gasteiger partial charge is 0.0431 e. The second kappa shape index (κ2) is 7.43. The van der Waals surface area contributed by atoms with Gasteiger partial charge in [-0.05, 0) is 49.8 Å². The molecule has 0 aromatic heterocycles. The quantitative estimate of drug-likeness (QED) is 0.671. The number of nitrogens with two attached hydrogens (primary N) is 1. The third kappa shape index (κ3) is 4.96. The minimum atomic E-state index is 0.298. The summed E-state index contributed by atoms with van der Waals surface area (Å²) < 4.78 is 0. The first kappa shape index (κ1) is 12.2. The van der Waals surface area contributed by atoms with Crippen LogP contribution in [-0.4, -0.2) is 18.3 Å². The monoisotopic (exact) mass is 207 g/mol. The highest BCUT2D eigenvalue weighted by Crippen LogP contribution is 2.10. The Morgan fingerprint density at radius 2 is 1.67 bits per heavy atom. The van der Waals surface area contributed by atoms with Gasteiger partial charge in [0.25, 0.3) is 0 Å². The topological polar surface area (TPSA) is 46.2 Å². The van der Waals surface area contributed by atoms with Crippen molar-refractivity contribution in [3.05, 3.63) is 35.4 Å². The van der Waals surface area contributed by atoms with Crippen molar-refractivity contribution in [2.24, 2.45) is 5.73 Å². The van der Waals surface area contributed by atoms with Gasteiger partial charge >= 0.3 is 0 Å². The molecule has 2 heteroatoms. The molecule has 0 saturated carbocycles. The lowest BCUT2D eigenvalue weighted by molar-refractivity contribution is 0.284. The summed E-state index contributed by atoms with van der Waals surface area (Å²) in [5.74, 6) is 0. The molecule has 0 aliphatic heterocycles. The van der Waals surface area contributed by atoms with Crippen LogP contribution in [0.25, 0.3) is 0 Å². The molecule has 84 valence electrons. The molecule has 1 aromatic rings. The van der Waals surface area contributed by atoms with Crippen molar-refractivity contribution in [3.63, 3.8) is 0 Å². The minimum absolute atomic E-state index is 0.298. The molecule has 0 unspecified atom stereocenters. The van der Waals surface area contributed by atoms with E-state index in [1.54, 1.807) is 0 Å². The molecule has 0 heterocycles. The standard InChI is InChI=1S/C13H21NO/c14-9-4-8-13-7-3-6-12(11-13)5-1-2-10-15/h3,6-7,11,15H,1-2,4-5,8-10,14H2. The Balaban J connectivity index is 2.42. The maximum absolute atomic E-state index is 8.70. The van der Waals surface area contributed by atoms with Crippen molar-refractivity contribution in [1.82, 2.24) is 0 Å². The van der Waals surface area contributed by atoms with E-state index in [4.69, 9.17) is 10.8 Å². The molecule has 1 rings (SSSR count). The first-order valence-corrected chi connectivity index (χ1v) is 5.75. The molecule has 0 aliphatic rings. The Bertz CT molecular complexity index is 273. The molecule has 0 bridgehead atoms. The number of benzene rings is 1. The van der Waals surface area contributed by atoms with Gasteiger partial charge in [0.05, 0.1) is 0 Å². The molecule has 0 fully saturated rings. The Labute approximate surface area is 92.1 Å². The van der Waals surface area contributed by atoms with E-state index >= 15 is 0 Å². The van der Waals surface area contributed by atoms with Crippen molar-refractivity contribution in [1.29, 1.82) is 0 Å². The van der Waals surface area contributed by atoms with Gasteiger partial charge in [-0.2, -0.15) is 0 Å². The van der Waals surface area contributed by atoms with Gasteiger partial charge < -0.3 is 10.8 Å². The number of aliphatic hydroxyl groups excluding tert-OH is 1. The first-order chi connectivity index (χ1) is 7.36. The van der Waals surface area contributed by atoms with Crippen LogP contribution in [-0.2, 0) is 12.8 Å². The summed E-state index contributed by atoms with van der Waals surface area (Å²) in [7, 11) is 0. The van der Waals surface area contributed by atoms with Crippen LogP contribution in [0.3, 0.4) is 0 Å². The van der Waals surface area contributed by atoms with Gasteiger partial charge in [-0.1, -0.05) is 24.3 Å². The summed E-state index contributed by atoms with van der Waals surface area (Å²) in [6.07, 6.45) is 5.16. The maximum atomic E-state index is 8.70. The van der Waals surface area contributed by atoms with E-state index in [1.807, 2.05) is 0 Å². The largest absolute Gasteiger partial charge is 0.396 e. The van der Waals surface area contributed by atoms with E-state index in [1.165, 1.54) is 11.1 Å². The zero-order valence-corrected chi connectivity index (χ0v) is 9.28. The molecule has 1 aromatic carbocycles. The van der Waals surface area contributed by atoms with E-state index in [-0.39, 0.29) is 0 Å². The van der Waals surface area contributed by atoms with E-state index in [0.29, 0.717) is 6.61 Å². The third-order valence-corrected chi connectivity index (χ3v) is 2.53. The van der Waals surface area contributed by atoms with Crippen LogP contribution in [0.15, 0.2) is 24.3 Å². The average molecular weight is 207 g/mol. The zero-order chi connectivity index (χ0) is 10.9. The summed E-state index contributed by atoms with van der Waals surface area (Å²) in [4.78, 5) is 0. The van der Waals surface area contributed by atoms with E-state index in [0.717, 1.165) is 38.6 Å². The van der Waals surface area contributed by atoms with Crippen molar-refractivity contribution >= 4 is 0 Å². The predicted molar refractivity (Wildman–Crippen MR) is 63.8 cm³/mol. The van der Waals surface area contributed by atoms with Crippen molar-refractivity contribution < 1.29 is 5.11 Å². The molecule has 15 heavy (non-hydrogen) atoms. The molecular weight excluding hydrogens is 186 g/mol. The number of aliphatic hydroxyl groups is 1. The van der Waals surface area contributed by atoms with Crippen LogP contribution in [0, 0.1) is 0 Å². The summed E-state index contributed by atoms with van der Waals surface area (Å²) in [6.45, 7) is 1.06. The van der Waals surface area contributed by atoms with Crippen molar-refractivity contribution in [2.75, 3.05) is 13.2 Å². The predicted octanol–water partition coefficient (Wildman–Crippen LogP) is 1.89. The highest BCUT2D eigenvalue weighted by molar-refractivity contribution is 5.23. The van der Waals surface area contributed by atoms with Crippen LogP contribution in [0.5, 0.6) is 0 Å². The van der Waals surface area contributed by atoms with Gasteiger partial charge in [-0.25, -0.2) is 0 Å². The Kier molecular flexibility index (Phi) is 6.05. The van der Waals surface area contributed by atoms with Crippen LogP contribution in [0.1, 0.15) is 30.4 Å². The SMILES string of the molecule is NCCCc1cccc(CCCCO)c1. The van der Waals surface area contributed by atoms with Crippen LogP contribution < -0.4 is 5.73 Å². The van der Waals surface area contributed by atoms with Gasteiger partial charge in [-0.15, -0.1) is 0 Å². The third-order valence-electron chi connectivity index (χ3n) is 2.53. The highest BCUT2D eigenvalue weighted by Gasteiger charge is 1.96. The molecule has 0 saturated heterocycles. The first-order valence-electron chi connectivity index (χ1n) is 5.75. The lowest BCUT2D eigenvalue weighted by atomic mass is 10.0. The van der Waals surface area contributed by atoms with Gasteiger partial charge in [-0.3, -0.25) is 0 Å². The number of aryl methyl sites for hydroxylation is 2. The molecule has 3 N–H and O–H groups in total. The van der Waals surface area contributed by atoms with Crippen molar-refractivity contribution in [2.45, 2.75) is 32.1 Å². The van der Waals surface area contributed by atoms with Gasteiger partial charge in [0.2, 0.25) is 0 Å². The number of hydrogen-bond acceptors (Lipinski definition) is 2. The second-order valence-corrected chi connectivity index (χ2v) is 3.89. The fourth-order valence-electron chi connectivity index (χ4n) is 1.69. The minimum Gasteiger partial charge on any atom is -0.396 e.